The van der Waals surface area contributed by atoms with E-state index < -0.39 is 5.41 Å². The van der Waals surface area contributed by atoms with Gasteiger partial charge in [-0.05, 0) is 54.5 Å². The van der Waals surface area contributed by atoms with Crippen molar-refractivity contribution in [2.24, 2.45) is 5.41 Å². The monoisotopic (exact) mass is 486 g/mol. The maximum atomic E-state index is 14.0. The number of methoxy groups -OCH3 is 1. The number of nitrogens with zero attached hydrogens (tertiary/aromatic N) is 3. The summed E-state index contributed by atoms with van der Waals surface area (Å²) in [5, 5.41) is 6.79. The summed E-state index contributed by atoms with van der Waals surface area (Å²) in [7, 11) is 1.67. The van der Waals surface area contributed by atoms with Crippen LogP contribution < -0.4 is 4.74 Å². The summed E-state index contributed by atoms with van der Waals surface area (Å²) in [5.41, 5.74) is 2.90. The molecular formula is C29H34N4O3. The van der Waals surface area contributed by atoms with Gasteiger partial charge in [-0.3, -0.25) is 14.7 Å². The third kappa shape index (κ3) is 4.87. The van der Waals surface area contributed by atoms with Gasteiger partial charge < -0.3 is 14.5 Å². The van der Waals surface area contributed by atoms with Gasteiger partial charge in [-0.2, -0.15) is 5.10 Å². The molecular weight excluding hydrogens is 452 g/mol. The minimum atomic E-state index is -0.491. The van der Waals surface area contributed by atoms with Crippen LogP contribution in [0.2, 0.25) is 0 Å². The van der Waals surface area contributed by atoms with Crippen LogP contribution in [0.3, 0.4) is 0 Å². The van der Waals surface area contributed by atoms with Crippen LogP contribution in [0, 0.1) is 5.41 Å². The Balaban J connectivity index is 1.31. The van der Waals surface area contributed by atoms with Crippen molar-refractivity contribution in [1.82, 2.24) is 20.0 Å². The summed E-state index contributed by atoms with van der Waals surface area (Å²) in [6.07, 6.45) is 7.22. The number of aryl methyl sites for hydroxylation is 1. The number of H-pyrrole nitrogens is 1. The van der Waals surface area contributed by atoms with Crippen molar-refractivity contribution < 1.29 is 14.3 Å². The molecule has 36 heavy (non-hydrogen) atoms. The van der Waals surface area contributed by atoms with Crippen LogP contribution in [0.25, 0.3) is 0 Å². The summed E-state index contributed by atoms with van der Waals surface area (Å²) in [6.45, 7) is 2.53. The Kier molecular flexibility index (Phi) is 7.07. The molecule has 2 aliphatic rings. The first-order chi connectivity index (χ1) is 17.6. The number of carbonyl (C=O) groups is 2. The molecule has 1 spiro atoms. The number of rotatable bonds is 8. The second kappa shape index (κ2) is 10.6. The molecule has 2 saturated heterocycles. The van der Waals surface area contributed by atoms with Gasteiger partial charge in [0, 0.05) is 44.7 Å². The maximum Gasteiger partial charge on any atom is 0.229 e. The highest BCUT2D eigenvalue weighted by molar-refractivity contribution is 5.87. The lowest BCUT2D eigenvalue weighted by Gasteiger charge is -2.41. The molecule has 3 heterocycles. The van der Waals surface area contributed by atoms with E-state index in [1.54, 1.807) is 13.3 Å². The van der Waals surface area contributed by atoms with Crippen molar-refractivity contribution in [1.29, 1.82) is 0 Å². The fourth-order valence-electron chi connectivity index (χ4n) is 5.90. The lowest BCUT2D eigenvalue weighted by molar-refractivity contribution is -0.143. The zero-order valence-electron chi connectivity index (χ0n) is 20.9. The quantitative estimate of drug-likeness (QED) is 0.518. The van der Waals surface area contributed by atoms with E-state index in [4.69, 9.17) is 4.74 Å². The molecule has 0 unspecified atom stereocenters. The van der Waals surface area contributed by atoms with Crippen molar-refractivity contribution in [3.63, 3.8) is 0 Å². The number of nitrogens with one attached hydrogen (secondary N) is 1. The van der Waals surface area contributed by atoms with Crippen LogP contribution in [-0.4, -0.2) is 58.6 Å². The number of benzene rings is 2. The number of aromatic nitrogens is 2. The molecule has 7 nitrogen and oxygen atoms in total. The van der Waals surface area contributed by atoms with Gasteiger partial charge >= 0.3 is 0 Å². The lowest BCUT2D eigenvalue weighted by atomic mass is 9.68. The Bertz CT molecular complexity index is 1170. The van der Waals surface area contributed by atoms with E-state index in [9.17, 15) is 9.59 Å². The van der Waals surface area contributed by atoms with E-state index in [0.29, 0.717) is 45.4 Å². The van der Waals surface area contributed by atoms with E-state index in [2.05, 4.69) is 34.5 Å². The molecule has 188 valence electrons. The first kappa shape index (κ1) is 24.1. The average Bonchev–Trinajstić information content (AvgIpc) is 3.53. The molecule has 1 aromatic heterocycles. The summed E-state index contributed by atoms with van der Waals surface area (Å²) < 4.78 is 5.50. The van der Waals surface area contributed by atoms with Gasteiger partial charge in [0.2, 0.25) is 11.8 Å². The average molecular weight is 487 g/mol. The highest BCUT2D eigenvalue weighted by Gasteiger charge is 2.55. The highest BCUT2D eigenvalue weighted by atomic mass is 16.5. The molecule has 0 saturated carbocycles. The maximum absolute atomic E-state index is 14.0. The zero-order valence-corrected chi connectivity index (χ0v) is 20.9. The molecule has 5 rings (SSSR count). The molecule has 3 aromatic rings. The van der Waals surface area contributed by atoms with Gasteiger partial charge in [-0.25, -0.2) is 0 Å². The van der Waals surface area contributed by atoms with Crippen molar-refractivity contribution in [3.8, 4) is 5.75 Å². The fourth-order valence-corrected chi connectivity index (χ4v) is 5.90. The van der Waals surface area contributed by atoms with Crippen LogP contribution in [-0.2, 0) is 22.6 Å². The number of amides is 2. The molecule has 1 N–H and O–H groups in total. The Morgan fingerprint density at radius 2 is 1.92 bits per heavy atom. The van der Waals surface area contributed by atoms with Crippen LogP contribution in [0.1, 0.15) is 48.3 Å². The summed E-state index contributed by atoms with van der Waals surface area (Å²) in [4.78, 5) is 30.9. The highest BCUT2D eigenvalue weighted by Crippen LogP contribution is 2.51. The molecule has 0 radical (unpaired) electrons. The smallest absolute Gasteiger partial charge is 0.229 e. The molecule has 2 aromatic carbocycles. The standard InChI is InChI=1S/C29H34N4O3/c1-36-25-11-6-10-24(17-25)26-21-33(20-22-7-3-2-4-8-22)28(35)29(26)13-15-32(16-14-29)27(34)12-5-9-23-18-30-31-19-23/h2-4,6-8,10-11,17-19,26H,5,9,12-16,20-21H2,1H3,(H,30,31)/t26-/m0/s1. The molecule has 1 atom stereocenters. The number of piperidine rings is 1. The number of carbonyl (C=O) groups excluding carboxylic acids is 2. The normalized spacial score (nSPS) is 19.1. The van der Waals surface area contributed by atoms with Crippen molar-refractivity contribution >= 4 is 11.8 Å². The van der Waals surface area contributed by atoms with Crippen LogP contribution in [0.15, 0.2) is 67.0 Å². The Labute approximate surface area is 212 Å². The second-order valence-electron chi connectivity index (χ2n) is 10.00. The predicted molar refractivity (Wildman–Crippen MR) is 137 cm³/mol. The van der Waals surface area contributed by atoms with Crippen molar-refractivity contribution in [2.45, 2.75) is 44.6 Å². The van der Waals surface area contributed by atoms with Gasteiger partial charge in [0.1, 0.15) is 5.75 Å². The van der Waals surface area contributed by atoms with Gasteiger partial charge in [-0.1, -0.05) is 42.5 Å². The third-order valence-corrected chi connectivity index (χ3v) is 7.91. The molecule has 7 heteroatoms. The number of likely N-dealkylation sites (tertiary alicyclic amines) is 2. The Morgan fingerprint density at radius 3 is 2.64 bits per heavy atom. The minimum absolute atomic E-state index is 0.0714. The zero-order chi connectivity index (χ0) is 25.0. The predicted octanol–water partition coefficient (Wildman–Crippen LogP) is 4.18. The van der Waals surface area contributed by atoms with E-state index >= 15 is 0 Å². The van der Waals surface area contributed by atoms with Gasteiger partial charge in [0.05, 0.1) is 18.7 Å². The molecule has 2 amide bonds. The molecule has 0 aliphatic carbocycles. The second-order valence-corrected chi connectivity index (χ2v) is 10.00. The fraction of sp³-hybridized carbons (Fsp3) is 0.414. The third-order valence-electron chi connectivity index (χ3n) is 7.91. The Morgan fingerprint density at radius 1 is 1.11 bits per heavy atom. The van der Waals surface area contributed by atoms with Gasteiger partial charge in [0.15, 0.2) is 0 Å². The number of hydrogen-bond acceptors (Lipinski definition) is 4. The Hall–Kier alpha value is -3.61. The molecule has 0 bridgehead atoms. The van der Waals surface area contributed by atoms with Crippen molar-refractivity contribution in [2.75, 3.05) is 26.7 Å². The van der Waals surface area contributed by atoms with Gasteiger partial charge in [0.25, 0.3) is 0 Å². The number of hydrogen-bond donors (Lipinski definition) is 1. The number of ether oxygens (including phenoxy) is 1. The number of aromatic amines is 1. The first-order valence-corrected chi connectivity index (χ1v) is 12.8. The van der Waals surface area contributed by atoms with Crippen LogP contribution >= 0.6 is 0 Å². The van der Waals surface area contributed by atoms with Crippen LogP contribution in [0.5, 0.6) is 5.75 Å². The van der Waals surface area contributed by atoms with E-state index in [1.165, 1.54) is 0 Å². The SMILES string of the molecule is COc1cccc([C@@H]2CN(Cc3ccccc3)C(=O)C23CCN(C(=O)CCCc2cn[nH]c2)CC3)c1. The molecule has 2 aliphatic heterocycles. The summed E-state index contributed by atoms with van der Waals surface area (Å²) in [6, 6.07) is 18.3. The van der Waals surface area contributed by atoms with Crippen LogP contribution in [0.4, 0.5) is 0 Å². The van der Waals surface area contributed by atoms with E-state index in [1.807, 2.05) is 46.3 Å². The summed E-state index contributed by atoms with van der Waals surface area (Å²) >= 11 is 0. The van der Waals surface area contributed by atoms with E-state index in [-0.39, 0.29) is 17.7 Å². The van der Waals surface area contributed by atoms with Crippen molar-refractivity contribution in [3.05, 3.63) is 83.7 Å². The van der Waals surface area contributed by atoms with E-state index in [0.717, 1.165) is 35.3 Å². The summed E-state index contributed by atoms with van der Waals surface area (Å²) in [5.74, 6) is 1.27. The first-order valence-electron chi connectivity index (χ1n) is 12.8. The topological polar surface area (TPSA) is 78.5 Å². The lowest BCUT2D eigenvalue weighted by Crippen LogP contribution is -2.48. The minimum Gasteiger partial charge on any atom is -0.497 e. The van der Waals surface area contributed by atoms with Gasteiger partial charge in [-0.15, -0.1) is 0 Å². The largest absolute Gasteiger partial charge is 0.497 e. The molecule has 2 fully saturated rings.